The SMILES string of the molecule is Cc1cccc(NC(=O)CSc2nc3c(oc4ccccc43)c(=O)n2CC2CCCO2)c1. The van der Waals surface area contributed by atoms with E-state index in [9.17, 15) is 9.59 Å². The van der Waals surface area contributed by atoms with Gasteiger partial charge in [-0.1, -0.05) is 36.0 Å². The lowest BCUT2D eigenvalue weighted by Gasteiger charge is -2.15. The standard InChI is InChI=1S/C24H23N3O4S/c1-15-6-4-7-16(12-15)25-20(28)14-32-24-26-21-18-9-2-3-10-19(18)31-22(21)23(29)27(24)13-17-8-5-11-30-17/h2-4,6-7,9-10,12,17H,5,8,11,13-14H2,1H3,(H,25,28). The zero-order valence-electron chi connectivity index (χ0n) is 17.7. The second kappa shape index (κ2) is 8.80. The van der Waals surface area contributed by atoms with Gasteiger partial charge in [0, 0.05) is 17.7 Å². The van der Waals surface area contributed by atoms with Crippen LogP contribution in [0.15, 0.2) is 62.9 Å². The topological polar surface area (TPSA) is 86.4 Å². The molecular weight excluding hydrogens is 426 g/mol. The first-order valence-electron chi connectivity index (χ1n) is 10.6. The predicted molar refractivity (Wildman–Crippen MR) is 125 cm³/mol. The molecule has 0 spiro atoms. The molecule has 1 N–H and O–H groups in total. The van der Waals surface area contributed by atoms with Gasteiger partial charge in [0.15, 0.2) is 5.16 Å². The molecule has 0 radical (unpaired) electrons. The minimum absolute atomic E-state index is 0.0446. The van der Waals surface area contributed by atoms with Crippen molar-refractivity contribution in [2.45, 2.75) is 37.6 Å². The lowest BCUT2D eigenvalue weighted by molar-refractivity contribution is -0.113. The number of ether oxygens (including phenoxy) is 1. The van der Waals surface area contributed by atoms with E-state index in [4.69, 9.17) is 14.1 Å². The molecule has 1 aliphatic rings. The maximum absolute atomic E-state index is 13.3. The first-order chi connectivity index (χ1) is 15.6. The number of carbonyl (C=O) groups excluding carboxylic acids is 1. The third kappa shape index (κ3) is 4.16. The number of thioether (sulfide) groups is 1. The molecule has 1 unspecified atom stereocenters. The summed E-state index contributed by atoms with van der Waals surface area (Å²) in [7, 11) is 0. The second-order valence-electron chi connectivity index (χ2n) is 7.93. The van der Waals surface area contributed by atoms with Gasteiger partial charge in [-0.05, 0) is 49.6 Å². The van der Waals surface area contributed by atoms with E-state index in [0.29, 0.717) is 29.4 Å². The number of fused-ring (bicyclic) bond motifs is 3. The highest BCUT2D eigenvalue weighted by Gasteiger charge is 2.23. The zero-order chi connectivity index (χ0) is 22.1. The first-order valence-corrected chi connectivity index (χ1v) is 11.6. The summed E-state index contributed by atoms with van der Waals surface area (Å²) in [5, 5.41) is 4.18. The van der Waals surface area contributed by atoms with Crippen LogP contribution in [0.25, 0.3) is 22.1 Å². The van der Waals surface area contributed by atoms with Gasteiger partial charge in [-0.15, -0.1) is 0 Å². The number of rotatable bonds is 6. The molecule has 32 heavy (non-hydrogen) atoms. The Kier molecular flexibility index (Phi) is 5.71. The molecule has 1 saturated heterocycles. The van der Waals surface area contributed by atoms with Crippen LogP contribution in [0.5, 0.6) is 0 Å². The largest absolute Gasteiger partial charge is 0.448 e. The summed E-state index contributed by atoms with van der Waals surface area (Å²) in [6, 6.07) is 15.1. The normalized spacial score (nSPS) is 16.1. The number of furan rings is 1. The number of anilines is 1. The predicted octanol–water partition coefficient (Wildman–Crippen LogP) is 4.36. The quantitative estimate of drug-likeness (QED) is 0.348. The molecule has 0 saturated carbocycles. The first kappa shape index (κ1) is 20.8. The van der Waals surface area contributed by atoms with Crippen molar-refractivity contribution < 1.29 is 13.9 Å². The van der Waals surface area contributed by atoms with Gasteiger partial charge < -0.3 is 14.5 Å². The third-order valence-corrected chi connectivity index (χ3v) is 6.47. The molecule has 1 aliphatic heterocycles. The minimum atomic E-state index is -0.247. The Morgan fingerprint density at radius 1 is 1.25 bits per heavy atom. The molecule has 1 amide bonds. The molecule has 0 aliphatic carbocycles. The van der Waals surface area contributed by atoms with Gasteiger partial charge >= 0.3 is 0 Å². The van der Waals surface area contributed by atoms with Gasteiger partial charge in [0.2, 0.25) is 11.5 Å². The zero-order valence-corrected chi connectivity index (χ0v) is 18.5. The highest BCUT2D eigenvalue weighted by Crippen LogP contribution is 2.28. The van der Waals surface area contributed by atoms with Crippen LogP contribution in [0.2, 0.25) is 0 Å². The maximum atomic E-state index is 13.3. The molecule has 2 aromatic heterocycles. The van der Waals surface area contributed by atoms with Crippen LogP contribution in [0.4, 0.5) is 5.69 Å². The van der Waals surface area contributed by atoms with Gasteiger partial charge in [-0.2, -0.15) is 0 Å². The van der Waals surface area contributed by atoms with Crippen molar-refractivity contribution in [3.8, 4) is 0 Å². The highest BCUT2D eigenvalue weighted by atomic mass is 32.2. The van der Waals surface area contributed by atoms with Crippen molar-refractivity contribution in [3.05, 3.63) is 64.4 Å². The van der Waals surface area contributed by atoms with Crippen molar-refractivity contribution in [1.29, 1.82) is 0 Å². The number of nitrogens with one attached hydrogen (secondary N) is 1. The van der Waals surface area contributed by atoms with Crippen LogP contribution >= 0.6 is 11.8 Å². The van der Waals surface area contributed by atoms with Gasteiger partial charge in [0.05, 0.1) is 18.4 Å². The number of benzene rings is 2. The van der Waals surface area contributed by atoms with E-state index in [1.807, 2.05) is 55.5 Å². The van der Waals surface area contributed by atoms with Gasteiger partial charge in [0.25, 0.3) is 5.56 Å². The molecule has 1 fully saturated rings. The van der Waals surface area contributed by atoms with E-state index in [1.165, 1.54) is 11.8 Å². The Labute approximate surface area is 188 Å². The summed E-state index contributed by atoms with van der Waals surface area (Å²) in [6.45, 7) is 3.06. The number of aryl methyl sites for hydroxylation is 1. The van der Waals surface area contributed by atoms with Crippen LogP contribution in [-0.4, -0.2) is 33.9 Å². The molecule has 0 bridgehead atoms. The number of hydrogen-bond donors (Lipinski definition) is 1. The summed E-state index contributed by atoms with van der Waals surface area (Å²) in [4.78, 5) is 30.7. The highest BCUT2D eigenvalue weighted by molar-refractivity contribution is 7.99. The van der Waals surface area contributed by atoms with Gasteiger partial charge in [0.1, 0.15) is 11.1 Å². The van der Waals surface area contributed by atoms with Gasteiger partial charge in [-0.25, -0.2) is 4.98 Å². The Hall–Kier alpha value is -3.10. The van der Waals surface area contributed by atoms with Crippen LogP contribution < -0.4 is 10.9 Å². The fourth-order valence-corrected chi connectivity index (χ4v) is 4.77. The monoisotopic (exact) mass is 449 g/mol. The van der Waals surface area contributed by atoms with Crippen LogP contribution in [0.3, 0.4) is 0 Å². The van der Waals surface area contributed by atoms with E-state index < -0.39 is 0 Å². The van der Waals surface area contributed by atoms with Crippen molar-refractivity contribution >= 4 is 45.4 Å². The fourth-order valence-electron chi connectivity index (χ4n) is 3.97. The van der Waals surface area contributed by atoms with Gasteiger partial charge in [-0.3, -0.25) is 14.2 Å². The Morgan fingerprint density at radius 2 is 2.12 bits per heavy atom. The van der Waals surface area contributed by atoms with Crippen molar-refractivity contribution in [2.24, 2.45) is 0 Å². The lowest BCUT2D eigenvalue weighted by Crippen LogP contribution is -2.29. The molecule has 2 aromatic carbocycles. The molecule has 164 valence electrons. The summed E-state index contributed by atoms with van der Waals surface area (Å²) in [5.74, 6) is -0.0247. The summed E-state index contributed by atoms with van der Waals surface area (Å²) in [5.41, 5.74) is 2.95. The van der Waals surface area contributed by atoms with E-state index in [-0.39, 0.29) is 28.9 Å². The molecular formula is C24H23N3O4S. The maximum Gasteiger partial charge on any atom is 0.297 e. The molecule has 5 rings (SSSR count). The van der Waals surface area contributed by atoms with Crippen LogP contribution in [0.1, 0.15) is 18.4 Å². The Balaban J connectivity index is 1.47. The van der Waals surface area contributed by atoms with Crippen molar-refractivity contribution in [1.82, 2.24) is 9.55 Å². The molecule has 8 heteroatoms. The Morgan fingerprint density at radius 3 is 2.94 bits per heavy atom. The van der Waals surface area contributed by atoms with Crippen LogP contribution in [0, 0.1) is 6.92 Å². The number of carbonyl (C=O) groups is 1. The van der Waals surface area contributed by atoms with Crippen molar-refractivity contribution in [2.75, 3.05) is 17.7 Å². The number of nitrogens with zero attached hydrogens (tertiary/aromatic N) is 2. The summed E-state index contributed by atoms with van der Waals surface area (Å²) < 4.78 is 13.2. The molecule has 7 nitrogen and oxygen atoms in total. The molecule has 4 aromatic rings. The number of hydrogen-bond acceptors (Lipinski definition) is 6. The summed E-state index contributed by atoms with van der Waals surface area (Å²) >= 11 is 1.25. The smallest absolute Gasteiger partial charge is 0.297 e. The summed E-state index contributed by atoms with van der Waals surface area (Å²) in [6.07, 6.45) is 1.82. The van der Waals surface area contributed by atoms with Crippen LogP contribution in [-0.2, 0) is 16.1 Å². The van der Waals surface area contributed by atoms with E-state index >= 15 is 0 Å². The van der Waals surface area contributed by atoms with E-state index in [2.05, 4.69) is 5.32 Å². The number of aromatic nitrogens is 2. The Bertz CT molecular complexity index is 1350. The van der Waals surface area contributed by atoms with E-state index in [0.717, 1.165) is 29.5 Å². The average Bonchev–Trinajstić information content (AvgIpc) is 3.42. The third-order valence-electron chi connectivity index (χ3n) is 5.49. The van der Waals surface area contributed by atoms with E-state index in [1.54, 1.807) is 4.57 Å². The van der Waals surface area contributed by atoms with Crippen molar-refractivity contribution in [3.63, 3.8) is 0 Å². The molecule has 3 heterocycles. The fraction of sp³-hybridized carbons (Fsp3) is 0.292. The minimum Gasteiger partial charge on any atom is -0.448 e. The lowest BCUT2D eigenvalue weighted by atomic mass is 10.2. The number of amides is 1. The second-order valence-corrected chi connectivity index (χ2v) is 8.87. The number of para-hydroxylation sites is 1. The average molecular weight is 450 g/mol. The molecule has 1 atom stereocenters.